The maximum Gasteiger partial charge on any atom is 0.279 e. The van der Waals surface area contributed by atoms with Gasteiger partial charge in [-0.1, -0.05) is 54.2 Å². The second-order valence-corrected chi connectivity index (χ2v) is 8.33. The number of fused-ring (bicyclic) bond motifs is 1. The maximum absolute atomic E-state index is 14.0. The predicted octanol–water partition coefficient (Wildman–Crippen LogP) is 4.25. The number of nitrogens with zero attached hydrogens (tertiary/aromatic N) is 2. The van der Waals surface area contributed by atoms with Gasteiger partial charge >= 0.3 is 0 Å². The topological polar surface area (TPSA) is 73.2 Å². The number of hydrogen-bond acceptors (Lipinski definition) is 5. The van der Waals surface area contributed by atoms with Crippen LogP contribution in [0.1, 0.15) is 29.0 Å². The molecule has 1 aromatic heterocycles. The maximum atomic E-state index is 14.0. The van der Waals surface area contributed by atoms with Crippen molar-refractivity contribution in [1.29, 1.82) is 0 Å². The van der Waals surface area contributed by atoms with Gasteiger partial charge in [-0.05, 0) is 12.1 Å². The van der Waals surface area contributed by atoms with Crippen molar-refractivity contribution in [3.05, 3.63) is 94.0 Å². The van der Waals surface area contributed by atoms with E-state index in [9.17, 15) is 14.0 Å². The highest BCUT2D eigenvalue weighted by molar-refractivity contribution is 7.99. The number of carbonyl (C=O) groups excluding carboxylic acids is 1. The van der Waals surface area contributed by atoms with Gasteiger partial charge in [0, 0.05) is 36.3 Å². The first-order valence-corrected chi connectivity index (χ1v) is 11.1. The van der Waals surface area contributed by atoms with E-state index in [1.807, 2.05) is 12.1 Å². The van der Waals surface area contributed by atoms with Gasteiger partial charge in [0.25, 0.3) is 5.56 Å². The van der Waals surface area contributed by atoms with Gasteiger partial charge in [0.05, 0.1) is 5.56 Å². The summed E-state index contributed by atoms with van der Waals surface area (Å²) < 4.78 is 21.7. The standard InChI is InChI=1S/C24H22FN3O3S/c1-3-12-32-24-27-23(30)21-17(13-20(29)26-22(21)28(24)2)16-9-5-7-11-19(16)31-14-15-8-4-6-10-18(15)25/h3-11,17H,1,12-14H2,2H3,(H,26,29)/t17-/m0/s1. The van der Waals surface area contributed by atoms with E-state index >= 15 is 0 Å². The van der Waals surface area contributed by atoms with Gasteiger partial charge < -0.3 is 14.6 Å². The first-order valence-electron chi connectivity index (χ1n) is 10.1. The molecule has 164 valence electrons. The molecule has 3 aromatic rings. The Morgan fingerprint density at radius 1 is 1.25 bits per heavy atom. The van der Waals surface area contributed by atoms with Gasteiger partial charge in [-0.2, -0.15) is 4.98 Å². The number of para-hydroxylation sites is 1. The summed E-state index contributed by atoms with van der Waals surface area (Å²) in [5.41, 5.74) is 1.13. The monoisotopic (exact) mass is 451 g/mol. The Balaban J connectivity index is 1.74. The number of halogens is 1. The number of hydrogen-bond donors (Lipinski definition) is 1. The van der Waals surface area contributed by atoms with E-state index in [-0.39, 0.29) is 24.8 Å². The van der Waals surface area contributed by atoms with Gasteiger partial charge in [0.1, 0.15) is 24.0 Å². The molecule has 2 heterocycles. The van der Waals surface area contributed by atoms with Crippen LogP contribution in [0.4, 0.5) is 10.2 Å². The number of aromatic nitrogens is 2. The second-order valence-electron chi connectivity index (χ2n) is 7.34. The summed E-state index contributed by atoms with van der Waals surface area (Å²) in [4.78, 5) is 29.8. The van der Waals surface area contributed by atoms with E-state index in [1.165, 1.54) is 17.8 Å². The van der Waals surface area contributed by atoms with E-state index in [4.69, 9.17) is 4.74 Å². The number of rotatable bonds is 7. The average molecular weight is 452 g/mol. The average Bonchev–Trinajstić information content (AvgIpc) is 2.79. The van der Waals surface area contributed by atoms with Crippen LogP contribution >= 0.6 is 11.8 Å². The van der Waals surface area contributed by atoms with E-state index in [2.05, 4.69) is 16.9 Å². The summed E-state index contributed by atoms with van der Waals surface area (Å²) in [5, 5.41) is 3.32. The minimum absolute atomic E-state index is 0.0306. The third-order valence-electron chi connectivity index (χ3n) is 5.27. The molecule has 32 heavy (non-hydrogen) atoms. The summed E-state index contributed by atoms with van der Waals surface area (Å²) in [5.74, 6) is 0.432. The van der Waals surface area contributed by atoms with Crippen molar-refractivity contribution in [3.63, 3.8) is 0 Å². The lowest BCUT2D eigenvalue weighted by atomic mass is 9.86. The molecule has 0 radical (unpaired) electrons. The summed E-state index contributed by atoms with van der Waals surface area (Å²) in [6.45, 7) is 3.72. The SMILES string of the molecule is C=CCSc1nc(=O)c2c(n1C)NC(=O)C[C@H]2c1ccccc1OCc1ccccc1F. The van der Waals surface area contributed by atoms with Crippen LogP contribution in [0.3, 0.4) is 0 Å². The van der Waals surface area contributed by atoms with Crippen LogP contribution in [0.2, 0.25) is 0 Å². The molecule has 1 atom stereocenters. The number of amides is 1. The third-order valence-corrected chi connectivity index (χ3v) is 6.29. The van der Waals surface area contributed by atoms with Gasteiger partial charge in [-0.15, -0.1) is 6.58 Å². The van der Waals surface area contributed by atoms with Crippen LogP contribution in [0.25, 0.3) is 0 Å². The zero-order chi connectivity index (χ0) is 22.7. The molecule has 0 fully saturated rings. The number of benzene rings is 2. The lowest BCUT2D eigenvalue weighted by Gasteiger charge is -2.28. The Hall–Kier alpha value is -3.39. The quantitative estimate of drug-likeness (QED) is 0.330. The summed E-state index contributed by atoms with van der Waals surface area (Å²) in [6, 6.07) is 13.6. The van der Waals surface area contributed by atoms with Crippen molar-refractivity contribution in [3.8, 4) is 5.75 Å². The van der Waals surface area contributed by atoms with E-state index in [0.29, 0.717) is 39.2 Å². The van der Waals surface area contributed by atoms with E-state index < -0.39 is 11.5 Å². The number of anilines is 1. The number of carbonyl (C=O) groups is 1. The van der Waals surface area contributed by atoms with Gasteiger partial charge in [-0.25, -0.2) is 4.39 Å². The van der Waals surface area contributed by atoms with Crippen molar-refractivity contribution < 1.29 is 13.9 Å². The molecule has 1 N–H and O–H groups in total. The van der Waals surface area contributed by atoms with Crippen LogP contribution in [0, 0.1) is 5.82 Å². The number of thioether (sulfide) groups is 1. The van der Waals surface area contributed by atoms with Crippen molar-refractivity contribution in [1.82, 2.24) is 9.55 Å². The van der Waals surface area contributed by atoms with Gasteiger partial charge in [0.15, 0.2) is 5.16 Å². The van der Waals surface area contributed by atoms with Crippen LogP contribution in [-0.2, 0) is 18.4 Å². The van der Waals surface area contributed by atoms with Crippen molar-refractivity contribution in [2.75, 3.05) is 11.1 Å². The summed E-state index contributed by atoms with van der Waals surface area (Å²) >= 11 is 1.36. The normalized spacial score (nSPS) is 15.1. The first-order chi connectivity index (χ1) is 15.5. The Morgan fingerprint density at radius 2 is 2.00 bits per heavy atom. The molecule has 0 aliphatic carbocycles. The molecule has 8 heteroatoms. The molecule has 0 saturated carbocycles. The van der Waals surface area contributed by atoms with Gasteiger partial charge in [-0.3, -0.25) is 9.59 Å². The zero-order valence-corrected chi connectivity index (χ0v) is 18.3. The fraction of sp³-hybridized carbons (Fsp3) is 0.208. The highest BCUT2D eigenvalue weighted by Gasteiger charge is 2.33. The second kappa shape index (κ2) is 9.40. The van der Waals surface area contributed by atoms with Gasteiger partial charge in [0.2, 0.25) is 5.91 Å². The van der Waals surface area contributed by atoms with Crippen molar-refractivity contribution >= 4 is 23.5 Å². The first kappa shape index (κ1) is 21.8. The Bertz CT molecular complexity index is 1240. The van der Waals surface area contributed by atoms with Crippen LogP contribution in [0.15, 0.2) is 71.1 Å². The Kier molecular flexibility index (Phi) is 6.41. The molecule has 4 rings (SSSR count). The number of ether oxygens (including phenoxy) is 1. The Labute approximate surface area is 189 Å². The molecule has 0 bridgehead atoms. The summed E-state index contributed by atoms with van der Waals surface area (Å²) in [6.07, 6.45) is 1.81. The fourth-order valence-electron chi connectivity index (χ4n) is 3.73. The minimum Gasteiger partial charge on any atom is -0.488 e. The smallest absolute Gasteiger partial charge is 0.279 e. The zero-order valence-electron chi connectivity index (χ0n) is 17.5. The molecule has 0 unspecified atom stereocenters. The minimum atomic E-state index is -0.528. The number of nitrogens with one attached hydrogen (secondary N) is 1. The molecule has 0 spiro atoms. The van der Waals surface area contributed by atoms with Crippen LogP contribution in [0.5, 0.6) is 5.75 Å². The fourth-order valence-corrected chi connectivity index (χ4v) is 4.43. The summed E-state index contributed by atoms with van der Waals surface area (Å²) in [7, 11) is 1.76. The largest absolute Gasteiger partial charge is 0.488 e. The molecular formula is C24H22FN3O3S. The lowest BCUT2D eigenvalue weighted by molar-refractivity contribution is -0.116. The molecular weight excluding hydrogens is 429 g/mol. The molecule has 1 aliphatic heterocycles. The molecule has 1 aliphatic rings. The molecule has 2 aromatic carbocycles. The highest BCUT2D eigenvalue weighted by atomic mass is 32.2. The molecule has 6 nitrogen and oxygen atoms in total. The van der Waals surface area contributed by atoms with Crippen LogP contribution < -0.4 is 15.6 Å². The van der Waals surface area contributed by atoms with Crippen LogP contribution in [-0.4, -0.2) is 21.2 Å². The van der Waals surface area contributed by atoms with E-state index in [1.54, 1.807) is 48.0 Å². The van der Waals surface area contributed by atoms with Crippen molar-refractivity contribution in [2.24, 2.45) is 7.05 Å². The lowest BCUT2D eigenvalue weighted by Crippen LogP contribution is -2.33. The predicted molar refractivity (Wildman–Crippen MR) is 123 cm³/mol. The molecule has 0 saturated heterocycles. The Morgan fingerprint density at radius 3 is 2.78 bits per heavy atom. The van der Waals surface area contributed by atoms with E-state index in [0.717, 1.165) is 0 Å². The van der Waals surface area contributed by atoms with Crippen molar-refractivity contribution in [2.45, 2.75) is 24.1 Å². The highest BCUT2D eigenvalue weighted by Crippen LogP contribution is 2.39. The molecule has 1 amide bonds. The third kappa shape index (κ3) is 4.31.